The van der Waals surface area contributed by atoms with Crippen molar-refractivity contribution in [3.8, 4) is 11.7 Å². The van der Waals surface area contributed by atoms with Crippen LogP contribution in [0, 0.1) is 0 Å². The zero-order valence-electron chi connectivity index (χ0n) is 22.2. The van der Waals surface area contributed by atoms with Crippen molar-refractivity contribution in [2.45, 2.75) is 37.8 Å². The second-order valence-corrected chi connectivity index (χ2v) is 9.93. The molecular weight excluding hydrogens is 563 g/mol. The van der Waals surface area contributed by atoms with Gasteiger partial charge in [0.2, 0.25) is 11.9 Å². The van der Waals surface area contributed by atoms with Crippen LogP contribution in [-0.2, 0) is 4.74 Å². The number of halogens is 5. The highest BCUT2D eigenvalue weighted by Gasteiger charge is 2.31. The molecule has 2 aliphatic rings. The number of fused-ring (bicyclic) bond motifs is 1. The van der Waals surface area contributed by atoms with E-state index >= 15 is 0 Å². The largest absolute Gasteiger partial charge is 0.573 e. The Labute approximate surface area is 236 Å². The van der Waals surface area contributed by atoms with Crippen molar-refractivity contribution in [3.63, 3.8) is 0 Å². The highest BCUT2D eigenvalue weighted by molar-refractivity contribution is 5.77. The maximum absolute atomic E-state index is 14.1. The highest BCUT2D eigenvalue weighted by Crippen LogP contribution is 2.30. The quantitative estimate of drug-likeness (QED) is 0.294. The van der Waals surface area contributed by atoms with Crippen molar-refractivity contribution in [2.75, 3.05) is 43.0 Å². The number of imidazole rings is 1. The summed E-state index contributed by atoms with van der Waals surface area (Å²) in [6, 6.07) is 12.4. The number of hydrogen-bond acceptors (Lipinski definition) is 9. The summed E-state index contributed by atoms with van der Waals surface area (Å²) in [6.07, 6.45) is -6.73. The number of benzene rings is 2. The third-order valence-electron chi connectivity index (χ3n) is 7.06. The standard InChI is InChI=1S/C27H27F5N8O2/c28-22(29)24-35-19-3-1-2-4-20(19)40(24)26-37-23(21-15-33-11-14-41-21)36-25(38-26)39-12-9-17(10-13-39)34-16-5-7-18(8-6-16)42-27(30,31)32/h1-8,17,21-22,33-34H,9-15H2. The van der Waals surface area contributed by atoms with E-state index in [1.165, 1.54) is 28.8 Å². The number of para-hydroxylation sites is 2. The average Bonchev–Trinajstić information content (AvgIpc) is 3.38. The summed E-state index contributed by atoms with van der Waals surface area (Å²) in [5, 5.41) is 6.58. The fraction of sp³-hybridized carbons (Fsp3) is 0.407. The van der Waals surface area contributed by atoms with Gasteiger partial charge in [-0.25, -0.2) is 13.8 Å². The summed E-state index contributed by atoms with van der Waals surface area (Å²) in [7, 11) is 0. The molecule has 4 heterocycles. The van der Waals surface area contributed by atoms with Gasteiger partial charge < -0.3 is 25.0 Å². The molecule has 0 aliphatic carbocycles. The maximum atomic E-state index is 14.1. The second-order valence-electron chi connectivity index (χ2n) is 9.93. The lowest BCUT2D eigenvalue weighted by Gasteiger charge is -2.33. The van der Waals surface area contributed by atoms with Crippen LogP contribution >= 0.6 is 0 Å². The van der Waals surface area contributed by atoms with Gasteiger partial charge in [0.15, 0.2) is 11.6 Å². The molecule has 0 radical (unpaired) electrons. The maximum Gasteiger partial charge on any atom is 0.573 e. The lowest BCUT2D eigenvalue weighted by atomic mass is 10.0. The van der Waals surface area contributed by atoms with Crippen LogP contribution in [0.4, 0.5) is 33.6 Å². The first-order valence-corrected chi connectivity index (χ1v) is 13.4. The van der Waals surface area contributed by atoms with Gasteiger partial charge >= 0.3 is 6.36 Å². The van der Waals surface area contributed by atoms with E-state index in [0.717, 1.165) is 0 Å². The number of aromatic nitrogens is 5. The van der Waals surface area contributed by atoms with Crippen LogP contribution in [0.5, 0.6) is 5.75 Å². The molecule has 1 atom stereocenters. The van der Waals surface area contributed by atoms with E-state index in [9.17, 15) is 22.0 Å². The molecule has 0 saturated carbocycles. The molecule has 222 valence electrons. The molecule has 15 heteroatoms. The number of nitrogens with one attached hydrogen (secondary N) is 2. The van der Waals surface area contributed by atoms with E-state index in [1.807, 2.05) is 4.90 Å². The molecule has 0 bridgehead atoms. The number of ether oxygens (including phenoxy) is 2. The summed E-state index contributed by atoms with van der Waals surface area (Å²) < 4.78 is 76.6. The van der Waals surface area contributed by atoms with E-state index in [0.29, 0.717) is 74.1 Å². The first kappa shape index (κ1) is 28.0. The van der Waals surface area contributed by atoms with E-state index < -0.39 is 24.7 Å². The zero-order chi connectivity index (χ0) is 29.3. The third-order valence-corrected chi connectivity index (χ3v) is 7.06. The van der Waals surface area contributed by atoms with Gasteiger partial charge in [-0.05, 0) is 49.2 Å². The normalized spacial score (nSPS) is 18.5. The minimum atomic E-state index is -4.75. The molecule has 0 amide bonds. The Hall–Kier alpha value is -4.11. The molecule has 2 fully saturated rings. The molecule has 2 aromatic heterocycles. The first-order chi connectivity index (χ1) is 20.2. The molecular formula is C27H27F5N8O2. The fourth-order valence-electron chi connectivity index (χ4n) is 5.10. The predicted molar refractivity (Wildman–Crippen MR) is 143 cm³/mol. The Bertz CT molecular complexity index is 1520. The number of piperidine rings is 1. The molecule has 42 heavy (non-hydrogen) atoms. The smallest absolute Gasteiger partial charge is 0.406 e. The van der Waals surface area contributed by atoms with Crippen LogP contribution in [0.2, 0.25) is 0 Å². The van der Waals surface area contributed by atoms with Crippen LogP contribution < -0.4 is 20.3 Å². The minimum absolute atomic E-state index is 0.0367. The van der Waals surface area contributed by atoms with Gasteiger partial charge in [-0.1, -0.05) is 12.1 Å². The van der Waals surface area contributed by atoms with E-state index in [1.54, 1.807) is 24.3 Å². The molecule has 10 nitrogen and oxygen atoms in total. The monoisotopic (exact) mass is 590 g/mol. The van der Waals surface area contributed by atoms with E-state index in [2.05, 4.69) is 35.3 Å². The number of rotatable bonds is 7. The van der Waals surface area contributed by atoms with Gasteiger partial charge in [0.1, 0.15) is 11.9 Å². The van der Waals surface area contributed by atoms with Gasteiger partial charge in [0.05, 0.1) is 17.6 Å². The summed E-state index contributed by atoms with van der Waals surface area (Å²) in [6.45, 7) is 2.70. The molecule has 1 unspecified atom stereocenters. The average molecular weight is 591 g/mol. The van der Waals surface area contributed by atoms with Crippen LogP contribution in [0.1, 0.15) is 37.0 Å². The Morgan fingerprint density at radius 1 is 0.952 bits per heavy atom. The van der Waals surface area contributed by atoms with Crippen molar-refractivity contribution in [1.82, 2.24) is 29.8 Å². The van der Waals surface area contributed by atoms with Crippen LogP contribution in [0.15, 0.2) is 48.5 Å². The molecule has 0 spiro atoms. The molecule has 2 saturated heterocycles. The van der Waals surface area contributed by atoms with Crippen molar-refractivity contribution in [1.29, 1.82) is 0 Å². The van der Waals surface area contributed by atoms with Crippen molar-refractivity contribution < 1.29 is 31.4 Å². The van der Waals surface area contributed by atoms with Crippen LogP contribution in [-0.4, -0.2) is 69.7 Å². The summed E-state index contributed by atoms with van der Waals surface area (Å²) in [5.41, 5.74) is 1.52. The van der Waals surface area contributed by atoms with Gasteiger partial charge in [0, 0.05) is 37.9 Å². The fourth-order valence-corrected chi connectivity index (χ4v) is 5.10. The SMILES string of the molecule is FC(F)c1nc2ccccc2n1-c1nc(C2CNCCO2)nc(N2CCC(Nc3ccc(OC(F)(F)F)cc3)CC2)n1. The number of alkyl halides is 5. The molecule has 6 rings (SSSR count). The van der Waals surface area contributed by atoms with Gasteiger partial charge in [-0.3, -0.25) is 4.57 Å². The minimum Gasteiger partial charge on any atom is -0.406 e. The Balaban J connectivity index is 1.24. The second kappa shape index (κ2) is 11.6. The van der Waals surface area contributed by atoms with Crippen molar-refractivity contribution in [3.05, 3.63) is 60.2 Å². The third kappa shape index (κ3) is 6.21. The van der Waals surface area contributed by atoms with E-state index in [-0.39, 0.29) is 17.7 Å². The molecule has 2 N–H and O–H groups in total. The first-order valence-electron chi connectivity index (χ1n) is 13.4. The highest BCUT2D eigenvalue weighted by atomic mass is 19.4. The molecule has 2 aromatic carbocycles. The van der Waals surface area contributed by atoms with Gasteiger partial charge in [0.25, 0.3) is 6.43 Å². The van der Waals surface area contributed by atoms with Crippen LogP contribution in [0.3, 0.4) is 0 Å². The van der Waals surface area contributed by atoms with E-state index in [4.69, 9.17) is 4.74 Å². The summed E-state index contributed by atoms with van der Waals surface area (Å²) in [5.74, 6) is -0.0378. The topological polar surface area (TPSA) is 102 Å². The number of anilines is 2. The Morgan fingerprint density at radius 2 is 1.69 bits per heavy atom. The van der Waals surface area contributed by atoms with Crippen molar-refractivity contribution >= 4 is 22.7 Å². The number of hydrogen-bond donors (Lipinski definition) is 2. The Kier molecular flexibility index (Phi) is 7.77. The van der Waals surface area contributed by atoms with Crippen molar-refractivity contribution in [2.24, 2.45) is 0 Å². The zero-order valence-corrected chi connectivity index (χ0v) is 22.2. The summed E-state index contributed by atoms with van der Waals surface area (Å²) >= 11 is 0. The lowest BCUT2D eigenvalue weighted by Crippen LogP contribution is -2.40. The lowest BCUT2D eigenvalue weighted by molar-refractivity contribution is -0.274. The summed E-state index contributed by atoms with van der Waals surface area (Å²) in [4.78, 5) is 20.0. The molecule has 4 aromatic rings. The van der Waals surface area contributed by atoms with Crippen LogP contribution in [0.25, 0.3) is 17.0 Å². The predicted octanol–water partition coefficient (Wildman–Crippen LogP) is 4.79. The van der Waals surface area contributed by atoms with Gasteiger partial charge in [-0.2, -0.15) is 15.0 Å². The van der Waals surface area contributed by atoms with Gasteiger partial charge in [-0.15, -0.1) is 13.2 Å². The number of morpholine rings is 1. The number of nitrogens with zero attached hydrogens (tertiary/aromatic N) is 6. The Morgan fingerprint density at radius 3 is 2.38 bits per heavy atom. The molecule has 2 aliphatic heterocycles.